The van der Waals surface area contributed by atoms with Gasteiger partial charge in [-0.1, -0.05) is 12.0 Å². The summed E-state index contributed by atoms with van der Waals surface area (Å²) in [7, 11) is 0. The Kier molecular flexibility index (Phi) is 6.95. The molecule has 3 aliphatic heterocycles. The number of carbonyl (C=O) groups is 2. The molecule has 1 aliphatic carbocycles. The topological polar surface area (TPSA) is 72.0 Å². The third-order valence-electron chi connectivity index (χ3n) is 7.72. The molecule has 0 unspecified atom stereocenters. The maximum atomic E-state index is 13.8. The number of hydrogen-bond donors (Lipinski definition) is 0. The lowest BCUT2D eigenvalue weighted by Crippen LogP contribution is -2.36. The second-order valence-corrected chi connectivity index (χ2v) is 11.5. The van der Waals surface area contributed by atoms with Crippen molar-refractivity contribution in [2.45, 2.75) is 57.5 Å². The van der Waals surface area contributed by atoms with Crippen molar-refractivity contribution < 1.29 is 19.1 Å². The fourth-order valence-corrected chi connectivity index (χ4v) is 5.86. The highest BCUT2D eigenvalue weighted by molar-refractivity contribution is 14.1. The van der Waals surface area contributed by atoms with E-state index in [0.717, 1.165) is 54.5 Å². The molecule has 4 aliphatic rings. The van der Waals surface area contributed by atoms with Crippen LogP contribution >= 0.6 is 22.6 Å². The van der Waals surface area contributed by atoms with Crippen molar-refractivity contribution in [2.75, 3.05) is 31.3 Å². The minimum atomic E-state index is -0.312. The van der Waals surface area contributed by atoms with Crippen molar-refractivity contribution in [3.05, 3.63) is 50.2 Å². The van der Waals surface area contributed by atoms with Crippen LogP contribution in [0.3, 0.4) is 0 Å². The number of ether oxygens (including phenoxy) is 2. The summed E-state index contributed by atoms with van der Waals surface area (Å²) in [5, 5.41) is 0. The summed E-state index contributed by atoms with van der Waals surface area (Å²) in [5.74, 6) is 6.75. The molecule has 37 heavy (non-hydrogen) atoms. The van der Waals surface area contributed by atoms with Crippen LogP contribution in [-0.2, 0) is 20.8 Å². The lowest BCUT2D eigenvalue weighted by molar-refractivity contribution is -0.112. The van der Waals surface area contributed by atoms with Gasteiger partial charge in [-0.25, -0.2) is 4.98 Å². The summed E-state index contributed by atoms with van der Waals surface area (Å²) >= 11 is 2.36. The molecule has 1 aromatic heterocycles. The first kappa shape index (κ1) is 24.8. The number of nitrogens with zero attached hydrogens (tertiary/aromatic N) is 3. The van der Waals surface area contributed by atoms with Crippen molar-refractivity contribution in [2.24, 2.45) is 5.92 Å². The van der Waals surface area contributed by atoms with Crippen LogP contribution in [0, 0.1) is 28.3 Å². The third-order valence-corrected chi connectivity index (χ3v) is 8.88. The maximum absolute atomic E-state index is 13.8. The molecule has 192 valence electrons. The van der Waals surface area contributed by atoms with E-state index in [1.165, 1.54) is 3.57 Å². The highest BCUT2D eigenvalue weighted by Crippen LogP contribution is 2.47. The molecule has 4 heterocycles. The van der Waals surface area contributed by atoms with Crippen LogP contribution in [-0.4, -0.2) is 54.2 Å². The van der Waals surface area contributed by atoms with Crippen LogP contribution < -0.4 is 4.90 Å². The molecule has 8 heteroatoms. The highest BCUT2D eigenvalue weighted by Gasteiger charge is 2.37. The summed E-state index contributed by atoms with van der Waals surface area (Å²) in [6.45, 7) is 5.18. The molecule has 1 aromatic carbocycles. The number of benzene rings is 1. The first-order chi connectivity index (χ1) is 18.0. The van der Waals surface area contributed by atoms with Crippen molar-refractivity contribution in [3.63, 3.8) is 0 Å². The second-order valence-electron chi connectivity index (χ2n) is 10.4. The summed E-state index contributed by atoms with van der Waals surface area (Å²) in [4.78, 5) is 35.4. The molecule has 0 radical (unpaired) electrons. The van der Waals surface area contributed by atoms with Crippen LogP contribution in [0.25, 0.3) is 0 Å². The fraction of sp³-hybridized carbons (Fsp3) is 0.483. The molecular formula is C29H30IN3O4. The first-order valence-electron chi connectivity index (χ1n) is 13.1. The van der Waals surface area contributed by atoms with Crippen molar-refractivity contribution >= 4 is 45.9 Å². The van der Waals surface area contributed by atoms with Crippen LogP contribution in [0.2, 0.25) is 0 Å². The van der Waals surface area contributed by atoms with Crippen molar-refractivity contribution in [3.8, 4) is 11.8 Å². The first-order valence-corrected chi connectivity index (χ1v) is 14.2. The van der Waals surface area contributed by atoms with E-state index in [1.807, 2.05) is 17.0 Å². The molecule has 2 saturated heterocycles. The zero-order valence-electron chi connectivity index (χ0n) is 21.0. The molecular weight excluding hydrogens is 581 g/mol. The van der Waals surface area contributed by atoms with Gasteiger partial charge in [0.25, 0.3) is 5.91 Å². The number of rotatable bonds is 4. The van der Waals surface area contributed by atoms with E-state index in [0.29, 0.717) is 50.4 Å². The quantitative estimate of drug-likeness (QED) is 0.370. The summed E-state index contributed by atoms with van der Waals surface area (Å²) in [5.41, 5.74) is 4.39. The Bertz CT molecular complexity index is 1300. The van der Waals surface area contributed by atoms with Gasteiger partial charge in [0.2, 0.25) is 0 Å². The number of fused-ring (bicyclic) bond motifs is 1. The van der Waals surface area contributed by atoms with Gasteiger partial charge < -0.3 is 14.4 Å². The lowest BCUT2D eigenvalue weighted by Gasteiger charge is -2.24. The number of aromatic nitrogens is 1. The van der Waals surface area contributed by atoms with E-state index in [4.69, 9.17) is 14.5 Å². The van der Waals surface area contributed by atoms with Crippen LogP contribution in [0.1, 0.15) is 65.2 Å². The van der Waals surface area contributed by atoms with Crippen molar-refractivity contribution in [1.82, 2.24) is 9.88 Å². The third kappa shape index (κ3) is 5.01. The smallest absolute Gasteiger partial charge is 0.308 e. The number of aryl methyl sites for hydroxylation is 1. The van der Waals surface area contributed by atoms with Crippen LogP contribution in [0.4, 0.5) is 11.5 Å². The Morgan fingerprint density at radius 2 is 1.89 bits per heavy atom. The van der Waals surface area contributed by atoms with E-state index < -0.39 is 0 Å². The largest absolute Gasteiger partial charge is 0.381 e. The molecule has 0 bridgehead atoms. The molecule has 1 saturated carbocycles. The number of amides is 2. The van der Waals surface area contributed by atoms with Gasteiger partial charge in [0, 0.05) is 41.4 Å². The number of halogens is 1. The fourth-order valence-electron chi connectivity index (χ4n) is 5.36. The molecule has 0 spiro atoms. The minimum absolute atomic E-state index is 0.0774. The van der Waals surface area contributed by atoms with Crippen LogP contribution in [0.5, 0.6) is 0 Å². The van der Waals surface area contributed by atoms with E-state index in [2.05, 4.69) is 53.5 Å². The van der Waals surface area contributed by atoms with Gasteiger partial charge in [-0.2, -0.15) is 0 Å². The minimum Gasteiger partial charge on any atom is -0.381 e. The van der Waals surface area contributed by atoms with E-state index in [-0.39, 0.29) is 23.8 Å². The monoisotopic (exact) mass is 611 g/mol. The zero-order chi connectivity index (χ0) is 25.5. The molecule has 3 fully saturated rings. The molecule has 7 nitrogen and oxygen atoms in total. The Balaban J connectivity index is 1.40. The average molecular weight is 611 g/mol. The molecule has 6 rings (SSSR count). The standard InChI is InChI=1S/C29H30IN3O4/c1-18-14-25(23(15-24(18)30)20-3-4-20)33(27(34)7-2-19-8-11-36-12-9-19)26-6-5-21-16-32(22-10-13-37-17-22)29(35)28(21)31-26/h5-6,14-15,19-20,22H,3-4,8-13,16-17H2,1H3/t22-/m1/s1. The average Bonchev–Trinajstić information content (AvgIpc) is 3.51. The Labute approximate surface area is 231 Å². The van der Waals surface area contributed by atoms with Crippen LogP contribution in [0.15, 0.2) is 24.3 Å². The van der Waals surface area contributed by atoms with E-state index in [9.17, 15) is 9.59 Å². The number of carbonyl (C=O) groups excluding carboxylic acids is 2. The van der Waals surface area contributed by atoms with E-state index >= 15 is 0 Å². The van der Waals surface area contributed by atoms with Gasteiger partial charge in [-0.3, -0.25) is 14.5 Å². The number of pyridine rings is 1. The van der Waals surface area contributed by atoms with Gasteiger partial charge >= 0.3 is 5.91 Å². The molecule has 1 atom stereocenters. The molecule has 2 amide bonds. The summed E-state index contributed by atoms with van der Waals surface area (Å²) in [6, 6.07) is 8.14. The lowest BCUT2D eigenvalue weighted by atomic mass is 10.0. The zero-order valence-corrected chi connectivity index (χ0v) is 23.1. The van der Waals surface area contributed by atoms with Crippen molar-refractivity contribution in [1.29, 1.82) is 0 Å². The number of anilines is 2. The predicted octanol–water partition coefficient (Wildman–Crippen LogP) is 4.71. The Morgan fingerprint density at radius 1 is 1.11 bits per heavy atom. The molecule has 2 aromatic rings. The predicted molar refractivity (Wildman–Crippen MR) is 148 cm³/mol. The SMILES string of the molecule is Cc1cc(N(C(=O)C#CC2CCOCC2)c2ccc3c(n2)C(=O)N([C@@H]2CCOC2)C3)c(C2CC2)cc1I. The van der Waals surface area contributed by atoms with Gasteiger partial charge in [-0.15, -0.1) is 0 Å². The summed E-state index contributed by atoms with van der Waals surface area (Å²) < 4.78 is 12.1. The van der Waals surface area contributed by atoms with Gasteiger partial charge in [-0.05, 0) is 103 Å². The normalized spacial score (nSPS) is 21.5. The molecule has 0 N–H and O–H groups in total. The van der Waals surface area contributed by atoms with Gasteiger partial charge in [0.1, 0.15) is 11.5 Å². The van der Waals surface area contributed by atoms with E-state index in [1.54, 1.807) is 4.90 Å². The highest BCUT2D eigenvalue weighted by atomic mass is 127. The summed E-state index contributed by atoms with van der Waals surface area (Å²) in [6.07, 6.45) is 4.73. The van der Waals surface area contributed by atoms with Gasteiger partial charge in [0.05, 0.1) is 18.3 Å². The second kappa shape index (κ2) is 10.4. The Hall–Kier alpha value is -2.48. The maximum Gasteiger partial charge on any atom is 0.308 e. The number of hydrogen-bond acceptors (Lipinski definition) is 5. The Morgan fingerprint density at radius 3 is 2.62 bits per heavy atom. The van der Waals surface area contributed by atoms with Gasteiger partial charge in [0.15, 0.2) is 0 Å².